The number of rotatable bonds is 0. The molecule has 1 unspecified atom stereocenters. The lowest BCUT2D eigenvalue weighted by Gasteiger charge is -2.24. The van der Waals surface area contributed by atoms with Crippen LogP contribution in [0.1, 0.15) is 20.3 Å². The Bertz CT molecular complexity index is 326. The molecule has 0 aromatic heterocycles. The molecule has 0 spiro atoms. The van der Waals surface area contributed by atoms with E-state index in [1.54, 1.807) is 0 Å². The second-order valence-corrected chi connectivity index (χ2v) is 4.27. The lowest BCUT2D eigenvalue weighted by molar-refractivity contribution is -0.127. The predicted molar refractivity (Wildman–Crippen MR) is 50.4 cm³/mol. The van der Waals surface area contributed by atoms with Crippen LogP contribution in [0.3, 0.4) is 0 Å². The third-order valence-corrected chi connectivity index (χ3v) is 3.00. The van der Waals surface area contributed by atoms with Gasteiger partial charge in [-0.2, -0.15) is 0 Å². The van der Waals surface area contributed by atoms with Crippen LogP contribution in [0.2, 0.25) is 0 Å². The quantitative estimate of drug-likeness (QED) is 0.578. The number of allylic oxidation sites excluding steroid dienone is 3. The number of hydrogen-bond donors (Lipinski definition) is 2. The van der Waals surface area contributed by atoms with Gasteiger partial charge in [-0.25, -0.2) is 0 Å². The molecule has 2 rings (SSSR count). The van der Waals surface area contributed by atoms with Crippen LogP contribution in [-0.2, 0) is 4.79 Å². The van der Waals surface area contributed by atoms with Gasteiger partial charge in [-0.3, -0.25) is 4.79 Å². The average molecular weight is 178 g/mol. The van der Waals surface area contributed by atoms with E-state index in [0.29, 0.717) is 0 Å². The molecule has 3 nitrogen and oxygen atoms in total. The minimum atomic E-state index is -0.289. The standard InChI is InChI=1S/C10H14N2O/c1-10(2)7-4-3-6(11)5-8(7)12-9(10)13/h3,5,7H,4,11H2,1-2H3,(H,12,13). The van der Waals surface area contributed by atoms with E-state index < -0.39 is 0 Å². The summed E-state index contributed by atoms with van der Waals surface area (Å²) in [5.74, 6) is 0.388. The van der Waals surface area contributed by atoms with E-state index in [4.69, 9.17) is 5.73 Å². The molecule has 3 N–H and O–H groups in total. The van der Waals surface area contributed by atoms with Crippen molar-refractivity contribution in [3.05, 3.63) is 23.5 Å². The van der Waals surface area contributed by atoms with Gasteiger partial charge in [0.2, 0.25) is 5.91 Å². The number of carbonyl (C=O) groups is 1. The number of fused-ring (bicyclic) bond motifs is 1. The number of carbonyl (C=O) groups excluding carboxylic acids is 1. The molecule has 1 fully saturated rings. The monoisotopic (exact) mass is 178 g/mol. The summed E-state index contributed by atoms with van der Waals surface area (Å²) in [5.41, 5.74) is 7.10. The lowest BCUT2D eigenvalue weighted by atomic mass is 9.76. The van der Waals surface area contributed by atoms with E-state index in [1.165, 1.54) is 0 Å². The van der Waals surface area contributed by atoms with Gasteiger partial charge in [-0.1, -0.05) is 19.9 Å². The minimum absolute atomic E-state index is 0.104. The van der Waals surface area contributed by atoms with E-state index in [-0.39, 0.29) is 17.2 Å². The first-order valence-corrected chi connectivity index (χ1v) is 4.50. The second kappa shape index (κ2) is 2.37. The number of hydrogen-bond acceptors (Lipinski definition) is 2. The predicted octanol–water partition coefficient (Wildman–Crippen LogP) is 0.889. The summed E-state index contributed by atoms with van der Waals surface area (Å²) in [6.07, 6.45) is 4.71. The molecular formula is C10H14N2O. The summed E-state index contributed by atoms with van der Waals surface area (Å²) in [7, 11) is 0. The molecule has 3 heteroatoms. The Labute approximate surface area is 77.7 Å². The lowest BCUT2D eigenvalue weighted by Crippen LogP contribution is -2.28. The van der Waals surface area contributed by atoms with E-state index in [0.717, 1.165) is 17.8 Å². The first-order valence-electron chi connectivity index (χ1n) is 4.50. The molecule has 0 aromatic carbocycles. The van der Waals surface area contributed by atoms with Gasteiger partial charge >= 0.3 is 0 Å². The molecule has 1 aliphatic heterocycles. The first-order chi connectivity index (χ1) is 6.01. The van der Waals surface area contributed by atoms with Gasteiger partial charge in [0.25, 0.3) is 0 Å². The highest BCUT2D eigenvalue weighted by Crippen LogP contribution is 2.41. The number of nitrogens with two attached hydrogens (primary N) is 1. The molecule has 1 amide bonds. The third-order valence-electron chi connectivity index (χ3n) is 3.00. The molecular weight excluding hydrogens is 164 g/mol. The van der Waals surface area contributed by atoms with Crippen molar-refractivity contribution in [2.24, 2.45) is 17.1 Å². The Balaban J connectivity index is 2.38. The zero-order valence-electron chi connectivity index (χ0n) is 7.92. The molecule has 0 bridgehead atoms. The van der Waals surface area contributed by atoms with Crippen LogP contribution < -0.4 is 11.1 Å². The maximum atomic E-state index is 11.6. The zero-order valence-corrected chi connectivity index (χ0v) is 7.92. The fourth-order valence-electron chi connectivity index (χ4n) is 1.98. The smallest absolute Gasteiger partial charge is 0.230 e. The summed E-state index contributed by atoms with van der Waals surface area (Å²) in [5, 5.41) is 2.88. The SMILES string of the molecule is CC1(C)C(=O)NC2=CC(N)=CCC21. The summed E-state index contributed by atoms with van der Waals surface area (Å²) in [6.45, 7) is 3.95. The molecule has 70 valence electrons. The van der Waals surface area contributed by atoms with E-state index in [9.17, 15) is 4.79 Å². The van der Waals surface area contributed by atoms with Gasteiger partial charge in [0.15, 0.2) is 0 Å². The fraction of sp³-hybridized carbons (Fsp3) is 0.500. The Hall–Kier alpha value is -1.25. The largest absolute Gasteiger partial charge is 0.399 e. The summed E-state index contributed by atoms with van der Waals surface area (Å²) in [4.78, 5) is 11.6. The zero-order chi connectivity index (χ0) is 9.64. The van der Waals surface area contributed by atoms with Crippen LogP contribution in [0.4, 0.5) is 0 Å². The van der Waals surface area contributed by atoms with Crippen LogP contribution >= 0.6 is 0 Å². The van der Waals surface area contributed by atoms with Gasteiger partial charge in [0.05, 0.1) is 5.41 Å². The Morgan fingerprint density at radius 2 is 2.31 bits per heavy atom. The van der Waals surface area contributed by atoms with Crippen LogP contribution in [0.25, 0.3) is 0 Å². The highest BCUT2D eigenvalue weighted by Gasteiger charge is 2.45. The van der Waals surface area contributed by atoms with Gasteiger partial charge in [-0.15, -0.1) is 0 Å². The average Bonchev–Trinajstić information content (AvgIpc) is 2.23. The molecule has 0 aromatic rings. The minimum Gasteiger partial charge on any atom is -0.399 e. The number of amides is 1. The van der Waals surface area contributed by atoms with Crippen molar-refractivity contribution < 1.29 is 4.79 Å². The summed E-state index contributed by atoms with van der Waals surface area (Å²) >= 11 is 0. The van der Waals surface area contributed by atoms with Crippen molar-refractivity contribution in [3.63, 3.8) is 0 Å². The van der Waals surface area contributed by atoms with Crippen molar-refractivity contribution in [2.75, 3.05) is 0 Å². The van der Waals surface area contributed by atoms with Crippen LogP contribution in [-0.4, -0.2) is 5.91 Å². The highest BCUT2D eigenvalue weighted by molar-refractivity contribution is 5.87. The Morgan fingerprint density at radius 3 is 3.00 bits per heavy atom. The van der Waals surface area contributed by atoms with Gasteiger partial charge < -0.3 is 11.1 Å². The molecule has 0 radical (unpaired) electrons. The molecule has 1 heterocycles. The molecule has 1 saturated heterocycles. The Morgan fingerprint density at radius 1 is 1.62 bits per heavy atom. The maximum Gasteiger partial charge on any atom is 0.230 e. The van der Waals surface area contributed by atoms with Gasteiger partial charge in [-0.05, 0) is 12.5 Å². The summed E-state index contributed by atoms with van der Waals surface area (Å²) in [6, 6.07) is 0. The molecule has 1 aliphatic carbocycles. The van der Waals surface area contributed by atoms with Gasteiger partial charge in [0, 0.05) is 17.3 Å². The molecule has 0 saturated carbocycles. The van der Waals surface area contributed by atoms with Crippen LogP contribution in [0, 0.1) is 11.3 Å². The van der Waals surface area contributed by atoms with Crippen molar-refractivity contribution >= 4 is 5.91 Å². The summed E-state index contributed by atoms with van der Waals surface area (Å²) < 4.78 is 0. The van der Waals surface area contributed by atoms with Crippen molar-refractivity contribution in [1.82, 2.24) is 5.32 Å². The van der Waals surface area contributed by atoms with Crippen molar-refractivity contribution in [2.45, 2.75) is 20.3 Å². The normalized spacial score (nSPS) is 30.3. The maximum absolute atomic E-state index is 11.6. The van der Waals surface area contributed by atoms with Crippen LogP contribution in [0.15, 0.2) is 23.5 Å². The van der Waals surface area contributed by atoms with E-state index >= 15 is 0 Å². The van der Waals surface area contributed by atoms with E-state index in [2.05, 4.69) is 5.32 Å². The van der Waals surface area contributed by atoms with Gasteiger partial charge in [0.1, 0.15) is 0 Å². The van der Waals surface area contributed by atoms with Crippen molar-refractivity contribution in [3.8, 4) is 0 Å². The molecule has 2 aliphatic rings. The third kappa shape index (κ3) is 1.07. The van der Waals surface area contributed by atoms with Crippen LogP contribution in [0.5, 0.6) is 0 Å². The number of nitrogens with one attached hydrogen (secondary N) is 1. The first kappa shape index (κ1) is 8.35. The van der Waals surface area contributed by atoms with E-state index in [1.807, 2.05) is 26.0 Å². The fourth-order valence-corrected chi connectivity index (χ4v) is 1.98. The second-order valence-electron chi connectivity index (χ2n) is 4.27. The topological polar surface area (TPSA) is 55.1 Å². The molecule has 13 heavy (non-hydrogen) atoms. The Kier molecular flexibility index (Phi) is 1.53. The molecule has 1 atom stereocenters. The highest BCUT2D eigenvalue weighted by atomic mass is 16.2. The van der Waals surface area contributed by atoms with Crippen molar-refractivity contribution in [1.29, 1.82) is 0 Å².